The molecule has 2 rings (SSSR count). The van der Waals surface area contributed by atoms with Crippen molar-refractivity contribution >= 4 is 11.9 Å². The van der Waals surface area contributed by atoms with Gasteiger partial charge in [0.25, 0.3) is 0 Å². The second-order valence-corrected chi connectivity index (χ2v) is 6.55. The van der Waals surface area contributed by atoms with Crippen LogP contribution in [-0.2, 0) is 4.79 Å². The van der Waals surface area contributed by atoms with Gasteiger partial charge in [-0.25, -0.2) is 4.79 Å². The summed E-state index contributed by atoms with van der Waals surface area (Å²) in [6, 6.07) is -0.0269. The lowest BCUT2D eigenvalue weighted by Crippen LogP contribution is -2.54. The quantitative estimate of drug-likeness (QED) is 0.739. The first-order valence-corrected chi connectivity index (χ1v) is 6.87. The van der Waals surface area contributed by atoms with Crippen LogP contribution in [0.15, 0.2) is 0 Å². The van der Waals surface area contributed by atoms with Gasteiger partial charge in [0, 0.05) is 38.6 Å². The molecule has 0 radical (unpaired) electrons. The Labute approximate surface area is 114 Å². The van der Waals surface area contributed by atoms with Gasteiger partial charge >= 0.3 is 6.03 Å². The highest BCUT2D eigenvalue weighted by Crippen LogP contribution is 2.21. The second kappa shape index (κ2) is 5.00. The summed E-state index contributed by atoms with van der Waals surface area (Å²) in [7, 11) is 0. The van der Waals surface area contributed by atoms with Gasteiger partial charge in [0.15, 0.2) is 0 Å². The van der Waals surface area contributed by atoms with Gasteiger partial charge in [-0.2, -0.15) is 0 Å². The Morgan fingerprint density at radius 1 is 1.47 bits per heavy atom. The van der Waals surface area contributed by atoms with E-state index in [1.54, 1.807) is 0 Å². The fourth-order valence-corrected chi connectivity index (χ4v) is 2.45. The number of carbonyl (C=O) groups is 2. The summed E-state index contributed by atoms with van der Waals surface area (Å²) in [4.78, 5) is 27.4. The molecule has 2 saturated heterocycles. The first-order chi connectivity index (χ1) is 8.79. The van der Waals surface area contributed by atoms with E-state index in [1.165, 1.54) is 0 Å². The SMILES string of the molecule is CC(C)(C)C(N)CC(=O)N1CCN2C(=O)NCC2C1. The molecular weight excluding hydrogens is 244 g/mol. The molecule has 0 saturated carbocycles. The molecule has 2 fully saturated rings. The average Bonchev–Trinajstić information content (AvgIpc) is 2.69. The molecule has 2 unspecified atom stereocenters. The summed E-state index contributed by atoms with van der Waals surface area (Å²) in [5.41, 5.74) is 6.00. The van der Waals surface area contributed by atoms with Gasteiger partial charge in [-0.15, -0.1) is 0 Å². The van der Waals surface area contributed by atoms with E-state index in [4.69, 9.17) is 5.73 Å². The van der Waals surface area contributed by atoms with E-state index in [2.05, 4.69) is 5.32 Å². The topological polar surface area (TPSA) is 78.7 Å². The molecule has 0 aromatic carbocycles. The fraction of sp³-hybridized carbons (Fsp3) is 0.846. The second-order valence-electron chi connectivity index (χ2n) is 6.55. The highest BCUT2D eigenvalue weighted by molar-refractivity contribution is 5.79. The molecule has 2 aliphatic heterocycles. The minimum atomic E-state index is -0.138. The average molecular weight is 268 g/mol. The van der Waals surface area contributed by atoms with E-state index in [0.717, 1.165) is 0 Å². The van der Waals surface area contributed by atoms with Crippen LogP contribution in [-0.4, -0.2) is 60.0 Å². The first kappa shape index (κ1) is 14.1. The van der Waals surface area contributed by atoms with Crippen LogP contribution in [0.25, 0.3) is 0 Å². The Morgan fingerprint density at radius 3 is 2.79 bits per heavy atom. The van der Waals surface area contributed by atoms with Crippen LogP contribution in [0.1, 0.15) is 27.2 Å². The molecule has 0 spiro atoms. The van der Waals surface area contributed by atoms with Crippen molar-refractivity contribution in [2.45, 2.75) is 39.3 Å². The molecule has 3 N–H and O–H groups in total. The summed E-state index contributed by atoms with van der Waals surface area (Å²) < 4.78 is 0. The molecule has 6 heteroatoms. The van der Waals surface area contributed by atoms with Crippen LogP contribution >= 0.6 is 0 Å². The van der Waals surface area contributed by atoms with Crippen molar-refractivity contribution in [2.75, 3.05) is 26.2 Å². The number of nitrogens with zero attached hydrogens (tertiary/aromatic N) is 2. The van der Waals surface area contributed by atoms with Crippen molar-refractivity contribution in [1.29, 1.82) is 0 Å². The maximum absolute atomic E-state index is 12.2. The molecule has 2 heterocycles. The third-order valence-corrected chi connectivity index (χ3v) is 4.09. The zero-order valence-electron chi connectivity index (χ0n) is 12.0. The third kappa shape index (κ3) is 3.00. The highest BCUT2D eigenvalue weighted by atomic mass is 16.2. The summed E-state index contributed by atoms with van der Waals surface area (Å²) >= 11 is 0. The number of urea groups is 1. The lowest BCUT2D eigenvalue weighted by atomic mass is 9.85. The number of hydrogen-bond acceptors (Lipinski definition) is 3. The normalized spacial score (nSPS) is 25.1. The largest absolute Gasteiger partial charge is 0.339 e. The summed E-state index contributed by atoms with van der Waals surface area (Å²) in [5, 5.41) is 2.81. The third-order valence-electron chi connectivity index (χ3n) is 4.09. The number of piperazine rings is 1. The van der Waals surface area contributed by atoms with Gasteiger partial charge in [-0.05, 0) is 5.41 Å². The number of rotatable bonds is 2. The Morgan fingerprint density at radius 2 is 2.16 bits per heavy atom. The minimum Gasteiger partial charge on any atom is -0.339 e. The lowest BCUT2D eigenvalue weighted by molar-refractivity contribution is -0.134. The molecule has 0 aromatic rings. The molecule has 108 valence electrons. The lowest BCUT2D eigenvalue weighted by Gasteiger charge is -2.37. The van der Waals surface area contributed by atoms with Gasteiger partial charge in [0.1, 0.15) is 0 Å². The van der Waals surface area contributed by atoms with Gasteiger partial charge in [-0.3, -0.25) is 4.79 Å². The van der Waals surface area contributed by atoms with Crippen LogP contribution in [0.5, 0.6) is 0 Å². The van der Waals surface area contributed by atoms with Crippen molar-refractivity contribution in [3.8, 4) is 0 Å². The van der Waals surface area contributed by atoms with Crippen LogP contribution < -0.4 is 11.1 Å². The van der Waals surface area contributed by atoms with Crippen molar-refractivity contribution in [2.24, 2.45) is 11.1 Å². The molecular formula is C13H24N4O2. The smallest absolute Gasteiger partial charge is 0.317 e. The zero-order chi connectivity index (χ0) is 14.2. The maximum atomic E-state index is 12.2. The molecule has 0 bridgehead atoms. The van der Waals surface area contributed by atoms with Crippen LogP contribution in [0.2, 0.25) is 0 Å². The molecule has 0 aromatic heterocycles. The first-order valence-electron chi connectivity index (χ1n) is 6.87. The van der Waals surface area contributed by atoms with Crippen LogP contribution in [0, 0.1) is 5.41 Å². The minimum absolute atomic E-state index is 0.0107. The Bertz CT molecular complexity index is 377. The molecule has 0 aliphatic carbocycles. The predicted octanol–water partition coefficient (Wildman–Crippen LogP) is -0.0141. The monoisotopic (exact) mass is 268 g/mol. The number of amides is 3. The molecule has 3 amide bonds. The maximum Gasteiger partial charge on any atom is 0.317 e. The van der Waals surface area contributed by atoms with Crippen molar-refractivity contribution in [3.05, 3.63) is 0 Å². The number of nitrogens with one attached hydrogen (secondary N) is 1. The summed E-state index contributed by atoms with van der Waals surface area (Å²) in [6.07, 6.45) is 0.373. The Hall–Kier alpha value is -1.30. The van der Waals surface area contributed by atoms with Gasteiger partial charge < -0.3 is 20.9 Å². The predicted molar refractivity (Wildman–Crippen MR) is 72.5 cm³/mol. The number of carbonyl (C=O) groups excluding carboxylic acids is 2. The van der Waals surface area contributed by atoms with E-state index in [-0.39, 0.29) is 29.4 Å². The highest BCUT2D eigenvalue weighted by Gasteiger charge is 2.37. The molecule has 19 heavy (non-hydrogen) atoms. The fourth-order valence-electron chi connectivity index (χ4n) is 2.45. The summed E-state index contributed by atoms with van der Waals surface area (Å²) in [6.45, 7) is 8.61. The number of fused-ring (bicyclic) bond motifs is 1. The molecule has 2 aliphatic rings. The van der Waals surface area contributed by atoms with E-state index in [1.807, 2.05) is 30.6 Å². The van der Waals surface area contributed by atoms with Gasteiger partial charge in [0.2, 0.25) is 5.91 Å². The van der Waals surface area contributed by atoms with E-state index in [0.29, 0.717) is 32.6 Å². The zero-order valence-corrected chi connectivity index (χ0v) is 12.0. The number of hydrogen-bond donors (Lipinski definition) is 2. The Balaban J connectivity index is 1.90. The Kier molecular flexibility index (Phi) is 3.71. The summed E-state index contributed by atoms with van der Waals surface area (Å²) in [5.74, 6) is 0.0985. The van der Waals surface area contributed by atoms with Crippen LogP contribution in [0.3, 0.4) is 0 Å². The molecule has 2 atom stereocenters. The van der Waals surface area contributed by atoms with E-state index >= 15 is 0 Å². The standard InChI is InChI=1S/C13H24N4O2/c1-13(2,3)10(14)6-11(18)16-4-5-17-9(8-16)7-15-12(17)19/h9-10H,4-8,14H2,1-3H3,(H,15,19). The van der Waals surface area contributed by atoms with Crippen molar-refractivity contribution in [1.82, 2.24) is 15.1 Å². The van der Waals surface area contributed by atoms with E-state index < -0.39 is 0 Å². The van der Waals surface area contributed by atoms with Crippen molar-refractivity contribution in [3.63, 3.8) is 0 Å². The van der Waals surface area contributed by atoms with E-state index in [9.17, 15) is 9.59 Å². The molecule has 6 nitrogen and oxygen atoms in total. The van der Waals surface area contributed by atoms with Crippen molar-refractivity contribution < 1.29 is 9.59 Å². The van der Waals surface area contributed by atoms with Gasteiger partial charge in [0.05, 0.1) is 6.04 Å². The van der Waals surface area contributed by atoms with Gasteiger partial charge in [-0.1, -0.05) is 20.8 Å². The number of nitrogens with two attached hydrogens (primary N) is 1. The van der Waals surface area contributed by atoms with Crippen LogP contribution in [0.4, 0.5) is 4.79 Å².